The van der Waals surface area contributed by atoms with E-state index in [1.165, 1.54) is 161 Å². The van der Waals surface area contributed by atoms with Gasteiger partial charge in [0.25, 0.3) is 0 Å². The van der Waals surface area contributed by atoms with Crippen LogP contribution in [0.3, 0.4) is 0 Å². The topological polar surface area (TPSA) is 78.9 Å². The molecule has 0 aliphatic carbocycles. The maximum atomic E-state index is 12.7. The number of hydrogen-bond donors (Lipinski definition) is 0. The molecule has 0 saturated heterocycles. The van der Waals surface area contributed by atoms with E-state index in [4.69, 9.17) is 14.2 Å². The fraction of sp³-hybridized carbons (Fsp3) is 0.794. The molecule has 0 fully saturated rings. The first kappa shape index (κ1) is 66.1. The molecule has 0 spiro atoms. The molecule has 6 heteroatoms. The molecule has 0 aromatic carbocycles. The smallest absolute Gasteiger partial charge is 0.306 e. The molecule has 1 atom stereocenters. The second-order valence-corrected chi connectivity index (χ2v) is 19.9. The van der Waals surface area contributed by atoms with Crippen LogP contribution in [0, 0.1) is 0 Å². The van der Waals surface area contributed by atoms with Crippen LogP contribution in [-0.2, 0) is 28.6 Å². The Morgan fingerprint density at radius 1 is 0.304 bits per heavy atom. The maximum absolute atomic E-state index is 12.7. The highest BCUT2D eigenvalue weighted by Gasteiger charge is 2.19. The molecule has 0 aliphatic rings. The van der Waals surface area contributed by atoms with Crippen LogP contribution in [0.15, 0.2) is 60.8 Å². The van der Waals surface area contributed by atoms with E-state index < -0.39 is 6.10 Å². The lowest BCUT2D eigenvalue weighted by molar-refractivity contribution is -0.167. The molecule has 1 unspecified atom stereocenters. The quantitative estimate of drug-likeness (QED) is 0.0262. The Kier molecular flexibility index (Phi) is 55.3. The van der Waals surface area contributed by atoms with Crippen molar-refractivity contribution in [2.45, 2.75) is 309 Å². The zero-order chi connectivity index (χ0) is 50.0. The summed E-state index contributed by atoms with van der Waals surface area (Å²) in [5, 5.41) is 0. The van der Waals surface area contributed by atoms with E-state index in [1.807, 2.05) is 0 Å². The second kappa shape index (κ2) is 57.7. The maximum Gasteiger partial charge on any atom is 0.306 e. The SMILES string of the molecule is CC/C=C\C/C=C\C/C=C\C/C=C\CCCCCCCCCCCCCCCCCCCCCCC(=O)OCC(COC(=O)CCCCCCCCCC)OC(=O)CCCCCCC/C=C\CCC. The molecule has 0 heterocycles. The van der Waals surface area contributed by atoms with Crippen molar-refractivity contribution in [3.63, 3.8) is 0 Å². The monoisotopic (exact) mass is 965 g/mol. The van der Waals surface area contributed by atoms with Gasteiger partial charge in [-0.25, -0.2) is 0 Å². The van der Waals surface area contributed by atoms with Crippen LogP contribution in [0.4, 0.5) is 0 Å². The summed E-state index contributed by atoms with van der Waals surface area (Å²) in [4.78, 5) is 37.8. The average molecular weight is 966 g/mol. The van der Waals surface area contributed by atoms with Gasteiger partial charge < -0.3 is 14.2 Å². The third kappa shape index (κ3) is 55.9. The number of allylic oxidation sites excluding steroid dienone is 10. The van der Waals surface area contributed by atoms with E-state index >= 15 is 0 Å². The number of esters is 3. The van der Waals surface area contributed by atoms with Gasteiger partial charge in [-0.15, -0.1) is 0 Å². The Morgan fingerprint density at radius 2 is 0.594 bits per heavy atom. The minimum absolute atomic E-state index is 0.0730. The van der Waals surface area contributed by atoms with Crippen LogP contribution in [0.1, 0.15) is 303 Å². The van der Waals surface area contributed by atoms with Gasteiger partial charge in [0.1, 0.15) is 13.2 Å². The van der Waals surface area contributed by atoms with E-state index in [9.17, 15) is 14.4 Å². The predicted octanol–water partition coefficient (Wildman–Crippen LogP) is 20.0. The van der Waals surface area contributed by atoms with Crippen molar-refractivity contribution in [2.24, 2.45) is 0 Å². The van der Waals surface area contributed by atoms with Gasteiger partial charge in [0.15, 0.2) is 6.10 Å². The fourth-order valence-electron chi connectivity index (χ4n) is 8.56. The molecule has 0 rings (SSSR count). The lowest BCUT2D eigenvalue weighted by Crippen LogP contribution is -2.30. The first-order valence-electron chi connectivity index (χ1n) is 29.8. The Morgan fingerprint density at radius 3 is 0.957 bits per heavy atom. The summed E-state index contributed by atoms with van der Waals surface area (Å²) in [7, 11) is 0. The summed E-state index contributed by atoms with van der Waals surface area (Å²) < 4.78 is 16.7. The summed E-state index contributed by atoms with van der Waals surface area (Å²) in [6.07, 6.45) is 72.7. The van der Waals surface area contributed by atoms with Crippen LogP contribution in [0.5, 0.6) is 0 Å². The van der Waals surface area contributed by atoms with Crippen LogP contribution < -0.4 is 0 Å². The molecule has 0 saturated carbocycles. The minimum atomic E-state index is -0.771. The van der Waals surface area contributed by atoms with Crippen LogP contribution in [-0.4, -0.2) is 37.2 Å². The molecule has 0 aliphatic heterocycles. The molecule has 400 valence electrons. The zero-order valence-corrected chi connectivity index (χ0v) is 45.8. The summed E-state index contributed by atoms with van der Waals surface area (Å²) in [6, 6.07) is 0. The van der Waals surface area contributed by atoms with Crippen molar-refractivity contribution in [2.75, 3.05) is 13.2 Å². The van der Waals surface area contributed by atoms with Crippen LogP contribution in [0.25, 0.3) is 0 Å². The minimum Gasteiger partial charge on any atom is -0.462 e. The number of rotatable bonds is 54. The highest BCUT2D eigenvalue weighted by molar-refractivity contribution is 5.71. The normalized spacial score (nSPS) is 12.4. The number of ether oxygens (including phenoxy) is 3. The van der Waals surface area contributed by atoms with E-state index in [1.54, 1.807) is 0 Å². The Labute approximate surface area is 428 Å². The third-order valence-corrected chi connectivity index (χ3v) is 13.0. The second-order valence-electron chi connectivity index (χ2n) is 19.9. The van der Waals surface area contributed by atoms with Gasteiger partial charge in [-0.3, -0.25) is 14.4 Å². The van der Waals surface area contributed by atoms with E-state index in [0.29, 0.717) is 19.3 Å². The van der Waals surface area contributed by atoms with Gasteiger partial charge in [0.2, 0.25) is 0 Å². The van der Waals surface area contributed by atoms with Crippen molar-refractivity contribution in [1.82, 2.24) is 0 Å². The van der Waals surface area contributed by atoms with Crippen molar-refractivity contribution in [1.29, 1.82) is 0 Å². The largest absolute Gasteiger partial charge is 0.462 e. The average Bonchev–Trinajstić information content (AvgIpc) is 3.35. The Bertz CT molecular complexity index is 1250. The van der Waals surface area contributed by atoms with Gasteiger partial charge >= 0.3 is 17.9 Å². The van der Waals surface area contributed by atoms with Crippen molar-refractivity contribution < 1.29 is 28.6 Å². The van der Waals surface area contributed by atoms with Gasteiger partial charge in [-0.1, -0.05) is 268 Å². The standard InChI is InChI=1S/C63H112O6/c1-4-7-10-13-16-19-21-22-23-24-25-26-27-28-29-30-31-32-33-34-35-36-37-38-39-40-41-42-43-45-47-50-53-56-62(65)68-59-60(58-67-61(64)55-52-49-46-18-15-12-9-6-3)69-63(66)57-54-51-48-44-20-17-14-11-8-5-2/h7,10-11,14,16,19,22-23,25-26,60H,4-6,8-9,12-13,15,17-18,20-21,24,27-59H2,1-3H3/b10-7-,14-11-,19-16-,23-22-,26-25-. The first-order chi connectivity index (χ1) is 34.0. The van der Waals surface area contributed by atoms with Gasteiger partial charge in [0, 0.05) is 19.3 Å². The highest BCUT2D eigenvalue weighted by atomic mass is 16.6. The highest BCUT2D eigenvalue weighted by Crippen LogP contribution is 2.17. The summed E-state index contributed by atoms with van der Waals surface area (Å²) in [5.74, 6) is -0.878. The van der Waals surface area contributed by atoms with Gasteiger partial charge in [-0.05, 0) is 77.0 Å². The number of hydrogen-bond acceptors (Lipinski definition) is 6. The molecular weight excluding hydrogens is 853 g/mol. The Hall–Kier alpha value is -2.89. The molecule has 69 heavy (non-hydrogen) atoms. The zero-order valence-electron chi connectivity index (χ0n) is 45.8. The summed E-state index contributed by atoms with van der Waals surface area (Å²) >= 11 is 0. The van der Waals surface area contributed by atoms with Gasteiger partial charge in [-0.2, -0.15) is 0 Å². The molecule has 0 aromatic heterocycles. The lowest BCUT2D eigenvalue weighted by Gasteiger charge is -2.18. The first-order valence-corrected chi connectivity index (χ1v) is 29.8. The van der Waals surface area contributed by atoms with E-state index in [2.05, 4.69) is 81.5 Å². The van der Waals surface area contributed by atoms with Crippen molar-refractivity contribution in [3.8, 4) is 0 Å². The molecule has 0 amide bonds. The van der Waals surface area contributed by atoms with E-state index in [-0.39, 0.29) is 31.1 Å². The number of unbranched alkanes of at least 4 members (excludes halogenated alkanes) is 33. The lowest BCUT2D eigenvalue weighted by atomic mass is 10.0. The number of carbonyl (C=O) groups excluding carboxylic acids is 3. The summed E-state index contributed by atoms with van der Waals surface area (Å²) in [6.45, 7) is 6.45. The van der Waals surface area contributed by atoms with E-state index in [0.717, 1.165) is 103 Å². The Balaban J connectivity index is 3.92. The number of carbonyl (C=O) groups is 3. The van der Waals surface area contributed by atoms with Crippen LogP contribution >= 0.6 is 0 Å². The molecular formula is C63H112O6. The van der Waals surface area contributed by atoms with Crippen molar-refractivity contribution in [3.05, 3.63) is 60.8 Å². The van der Waals surface area contributed by atoms with Gasteiger partial charge in [0.05, 0.1) is 0 Å². The molecule has 6 nitrogen and oxygen atoms in total. The molecule has 0 radical (unpaired) electrons. The molecule has 0 bridgehead atoms. The van der Waals surface area contributed by atoms with Crippen LogP contribution in [0.2, 0.25) is 0 Å². The summed E-state index contributed by atoms with van der Waals surface area (Å²) in [5.41, 5.74) is 0. The molecule has 0 aromatic rings. The fourth-order valence-corrected chi connectivity index (χ4v) is 8.56. The van der Waals surface area contributed by atoms with Crippen molar-refractivity contribution >= 4 is 17.9 Å². The molecule has 0 N–H and O–H groups in total. The third-order valence-electron chi connectivity index (χ3n) is 13.0. The predicted molar refractivity (Wildman–Crippen MR) is 298 cm³/mol.